The highest BCUT2D eigenvalue weighted by Crippen LogP contribution is 2.19. The number of hydrogen-bond donors (Lipinski definition) is 0. The van der Waals surface area contributed by atoms with Crippen LogP contribution in [0.15, 0.2) is 11.2 Å². The number of ether oxygens (including phenoxy) is 1. The first-order chi connectivity index (χ1) is 6.65. The monoisotopic (exact) mass is 232 g/mol. The quantitative estimate of drug-likeness (QED) is 0.454. The summed E-state index contributed by atoms with van der Waals surface area (Å²) < 4.78 is 5.54. The zero-order valence-corrected chi connectivity index (χ0v) is 10.0. The van der Waals surface area contributed by atoms with Crippen LogP contribution in [0, 0.1) is 0 Å². The summed E-state index contributed by atoms with van der Waals surface area (Å²) in [5.74, 6) is 0.545. The van der Waals surface area contributed by atoms with Crippen molar-refractivity contribution in [2.75, 3.05) is 6.26 Å². The van der Waals surface area contributed by atoms with Crippen molar-refractivity contribution in [3.05, 3.63) is 11.2 Å². The van der Waals surface area contributed by atoms with Gasteiger partial charge in [-0.2, -0.15) is 4.98 Å². The Kier molecular flexibility index (Phi) is 4.48. The van der Waals surface area contributed by atoms with Crippen LogP contribution in [0.3, 0.4) is 0 Å². The van der Waals surface area contributed by atoms with Crippen LogP contribution in [-0.2, 0) is 0 Å². The average molecular weight is 233 g/mol. The third-order valence-electron chi connectivity index (χ3n) is 1.73. The second kappa shape index (κ2) is 5.41. The number of nitrogens with zero attached hydrogens (tertiary/aromatic N) is 2. The van der Waals surface area contributed by atoms with Crippen molar-refractivity contribution in [2.24, 2.45) is 0 Å². The van der Waals surface area contributed by atoms with Crippen LogP contribution in [0.2, 0.25) is 5.15 Å². The molecule has 0 bridgehead atoms. The van der Waals surface area contributed by atoms with E-state index in [-0.39, 0.29) is 6.10 Å². The van der Waals surface area contributed by atoms with E-state index < -0.39 is 0 Å². The van der Waals surface area contributed by atoms with E-state index in [4.69, 9.17) is 16.3 Å². The van der Waals surface area contributed by atoms with Gasteiger partial charge in [-0.1, -0.05) is 30.3 Å². The summed E-state index contributed by atoms with van der Waals surface area (Å²) in [7, 11) is 0. The summed E-state index contributed by atoms with van der Waals surface area (Å²) >= 11 is 7.26. The topological polar surface area (TPSA) is 35.0 Å². The Morgan fingerprint density at radius 3 is 2.86 bits per heavy atom. The van der Waals surface area contributed by atoms with Gasteiger partial charge in [-0.05, 0) is 19.6 Å². The van der Waals surface area contributed by atoms with Crippen molar-refractivity contribution in [2.45, 2.75) is 31.5 Å². The Labute approximate surface area is 93.2 Å². The molecule has 0 aromatic carbocycles. The van der Waals surface area contributed by atoms with Crippen LogP contribution in [0.25, 0.3) is 0 Å². The summed E-state index contributed by atoms with van der Waals surface area (Å²) in [6, 6.07) is 1.63. The van der Waals surface area contributed by atoms with Gasteiger partial charge in [0.1, 0.15) is 5.15 Å². The van der Waals surface area contributed by atoms with Gasteiger partial charge in [0.15, 0.2) is 5.16 Å². The minimum atomic E-state index is 0.149. The van der Waals surface area contributed by atoms with Crippen molar-refractivity contribution in [1.29, 1.82) is 0 Å². The van der Waals surface area contributed by atoms with Gasteiger partial charge < -0.3 is 4.74 Å². The highest BCUT2D eigenvalue weighted by atomic mass is 35.5. The molecule has 1 atom stereocenters. The first-order valence-electron chi connectivity index (χ1n) is 4.41. The number of thioether (sulfide) groups is 1. The van der Waals surface area contributed by atoms with Crippen molar-refractivity contribution in [1.82, 2.24) is 9.97 Å². The van der Waals surface area contributed by atoms with E-state index in [1.54, 1.807) is 6.07 Å². The number of hydrogen-bond acceptors (Lipinski definition) is 4. The molecule has 0 saturated carbocycles. The molecule has 1 aromatic rings. The fourth-order valence-corrected chi connectivity index (χ4v) is 1.41. The van der Waals surface area contributed by atoms with Crippen LogP contribution in [0.4, 0.5) is 0 Å². The fraction of sp³-hybridized carbons (Fsp3) is 0.556. The first kappa shape index (κ1) is 11.6. The predicted octanol–water partition coefficient (Wildman–Crippen LogP) is 3.03. The minimum Gasteiger partial charge on any atom is -0.475 e. The molecule has 5 heteroatoms. The van der Waals surface area contributed by atoms with E-state index >= 15 is 0 Å². The summed E-state index contributed by atoms with van der Waals surface area (Å²) in [6.07, 6.45) is 2.99. The van der Waals surface area contributed by atoms with Gasteiger partial charge in [-0.15, -0.1) is 0 Å². The van der Waals surface area contributed by atoms with Gasteiger partial charge in [-0.25, -0.2) is 4.98 Å². The largest absolute Gasteiger partial charge is 0.475 e. The van der Waals surface area contributed by atoms with E-state index in [0.717, 1.165) is 6.42 Å². The Morgan fingerprint density at radius 1 is 1.57 bits per heavy atom. The number of aromatic nitrogens is 2. The number of halogens is 1. The standard InChI is InChI=1S/C9H13ClN2OS/c1-4-6(2)13-8-5-7(10)11-9(12-8)14-3/h5-6H,4H2,1-3H3. The molecule has 1 heterocycles. The van der Waals surface area contributed by atoms with Crippen molar-refractivity contribution < 1.29 is 4.74 Å². The third kappa shape index (κ3) is 3.35. The molecule has 0 radical (unpaired) electrons. The highest BCUT2D eigenvalue weighted by Gasteiger charge is 2.06. The molecule has 78 valence electrons. The van der Waals surface area contributed by atoms with Gasteiger partial charge in [-0.3, -0.25) is 0 Å². The molecular formula is C9H13ClN2OS. The molecule has 0 fully saturated rings. The predicted molar refractivity (Wildman–Crippen MR) is 59.2 cm³/mol. The van der Waals surface area contributed by atoms with E-state index in [1.165, 1.54) is 11.8 Å². The molecule has 0 aliphatic carbocycles. The maximum absolute atomic E-state index is 5.81. The Balaban J connectivity index is 2.81. The molecule has 1 aromatic heterocycles. The van der Waals surface area contributed by atoms with Gasteiger partial charge in [0.05, 0.1) is 6.10 Å². The first-order valence-corrected chi connectivity index (χ1v) is 6.01. The minimum absolute atomic E-state index is 0.149. The third-order valence-corrected chi connectivity index (χ3v) is 2.47. The highest BCUT2D eigenvalue weighted by molar-refractivity contribution is 7.98. The summed E-state index contributed by atoms with van der Waals surface area (Å²) in [5, 5.41) is 1.05. The molecule has 3 nitrogen and oxygen atoms in total. The SMILES string of the molecule is CCC(C)Oc1cc(Cl)nc(SC)n1. The molecule has 0 N–H and O–H groups in total. The van der Waals surface area contributed by atoms with E-state index in [2.05, 4.69) is 16.9 Å². The smallest absolute Gasteiger partial charge is 0.219 e. The molecular weight excluding hydrogens is 220 g/mol. The van der Waals surface area contributed by atoms with Crippen molar-refractivity contribution >= 4 is 23.4 Å². The van der Waals surface area contributed by atoms with Crippen LogP contribution in [0.5, 0.6) is 5.88 Å². The Hall–Kier alpha value is -0.480. The summed E-state index contributed by atoms with van der Waals surface area (Å²) in [4.78, 5) is 8.21. The molecule has 0 saturated heterocycles. The fourth-order valence-electron chi connectivity index (χ4n) is 0.818. The lowest BCUT2D eigenvalue weighted by molar-refractivity contribution is 0.206. The van der Waals surface area contributed by atoms with Crippen LogP contribution < -0.4 is 4.74 Å². The van der Waals surface area contributed by atoms with Gasteiger partial charge in [0, 0.05) is 6.07 Å². The molecule has 0 spiro atoms. The van der Waals surface area contributed by atoms with Gasteiger partial charge in [0.2, 0.25) is 5.88 Å². The second-order valence-corrected chi connectivity index (χ2v) is 4.01. The van der Waals surface area contributed by atoms with Crippen LogP contribution >= 0.6 is 23.4 Å². The normalized spacial score (nSPS) is 12.6. The molecule has 0 amide bonds. The Bertz CT molecular complexity index is 309. The van der Waals surface area contributed by atoms with Crippen molar-refractivity contribution in [3.8, 4) is 5.88 Å². The average Bonchev–Trinajstić information content (AvgIpc) is 2.16. The van der Waals surface area contributed by atoms with Crippen molar-refractivity contribution in [3.63, 3.8) is 0 Å². The van der Waals surface area contributed by atoms with Gasteiger partial charge in [0.25, 0.3) is 0 Å². The lowest BCUT2D eigenvalue weighted by atomic mass is 10.3. The van der Waals surface area contributed by atoms with E-state index in [0.29, 0.717) is 16.2 Å². The summed E-state index contributed by atoms with van der Waals surface area (Å²) in [6.45, 7) is 4.05. The van der Waals surface area contributed by atoms with E-state index in [1.807, 2.05) is 13.2 Å². The van der Waals surface area contributed by atoms with Gasteiger partial charge >= 0.3 is 0 Å². The molecule has 1 rings (SSSR count). The number of rotatable bonds is 4. The van der Waals surface area contributed by atoms with Crippen LogP contribution in [0.1, 0.15) is 20.3 Å². The molecule has 0 aliphatic rings. The maximum atomic E-state index is 5.81. The summed E-state index contributed by atoms with van der Waals surface area (Å²) in [5.41, 5.74) is 0. The zero-order chi connectivity index (χ0) is 10.6. The lowest BCUT2D eigenvalue weighted by Gasteiger charge is -2.11. The van der Waals surface area contributed by atoms with Crippen LogP contribution in [-0.4, -0.2) is 22.3 Å². The molecule has 0 aliphatic heterocycles. The molecule has 1 unspecified atom stereocenters. The second-order valence-electron chi connectivity index (χ2n) is 2.85. The zero-order valence-electron chi connectivity index (χ0n) is 8.45. The molecule has 14 heavy (non-hydrogen) atoms. The Morgan fingerprint density at radius 2 is 2.29 bits per heavy atom. The maximum Gasteiger partial charge on any atom is 0.219 e. The lowest BCUT2D eigenvalue weighted by Crippen LogP contribution is -2.11. The van der Waals surface area contributed by atoms with E-state index in [9.17, 15) is 0 Å².